The summed E-state index contributed by atoms with van der Waals surface area (Å²) in [5.41, 5.74) is 7.97. The van der Waals surface area contributed by atoms with Crippen molar-refractivity contribution in [3.8, 4) is 22.3 Å². The maximum absolute atomic E-state index is 12.2. The van der Waals surface area contributed by atoms with E-state index in [1.165, 1.54) is 24.3 Å². The predicted octanol–water partition coefficient (Wildman–Crippen LogP) is 6.44. The monoisotopic (exact) mass is 945 g/mol. The van der Waals surface area contributed by atoms with Gasteiger partial charge in [-0.2, -0.15) is 9.97 Å². The number of nitrogens with one attached hydrogen (secondary N) is 4. The van der Waals surface area contributed by atoms with Crippen LogP contribution in [0.4, 0.5) is 23.4 Å². The van der Waals surface area contributed by atoms with Gasteiger partial charge in [-0.3, -0.25) is 9.59 Å². The zero-order valence-electron chi connectivity index (χ0n) is 36.5. The van der Waals surface area contributed by atoms with Crippen molar-refractivity contribution in [3.05, 3.63) is 145 Å². The van der Waals surface area contributed by atoms with Gasteiger partial charge in [0.25, 0.3) is 23.8 Å². The van der Waals surface area contributed by atoms with Crippen LogP contribution < -0.4 is 31.5 Å². The Labute approximate surface area is 386 Å². The van der Waals surface area contributed by atoms with Gasteiger partial charge in [0.05, 0.1) is 16.4 Å². The van der Waals surface area contributed by atoms with E-state index in [4.69, 9.17) is 23.8 Å². The summed E-state index contributed by atoms with van der Waals surface area (Å²) in [6.07, 6.45) is 0. The molecule has 0 spiro atoms. The van der Waals surface area contributed by atoms with Gasteiger partial charge in [-0.25, -0.2) is 27.1 Å². The summed E-state index contributed by atoms with van der Waals surface area (Å²) in [5, 5.41) is 22.2. The lowest BCUT2D eigenvalue weighted by Gasteiger charge is -2.10. The van der Waals surface area contributed by atoms with Gasteiger partial charge >= 0.3 is 0 Å². The first-order valence-corrected chi connectivity index (χ1v) is 23.6. The topological polar surface area (TPSA) is 267 Å². The van der Waals surface area contributed by atoms with E-state index < -0.39 is 20.0 Å². The smallest absolute Gasteiger partial charge is 0.300 e. The molecule has 0 aliphatic carbocycles. The Balaban J connectivity index is 0.000000199. The fourth-order valence-corrected chi connectivity index (χ4v) is 7.66. The Morgan fingerprint density at radius 3 is 1.36 bits per heavy atom. The van der Waals surface area contributed by atoms with E-state index in [9.17, 15) is 26.4 Å². The van der Waals surface area contributed by atoms with Crippen molar-refractivity contribution >= 4 is 77.5 Å². The van der Waals surface area contributed by atoms with Crippen LogP contribution in [-0.4, -0.2) is 91.0 Å². The number of methoxy groups -OCH3 is 1. The molecular formula is C47H47N9O9S2. The molecule has 0 saturated carbocycles. The third-order valence-corrected chi connectivity index (χ3v) is 11.9. The fourth-order valence-electron chi connectivity index (χ4n) is 6.63. The van der Waals surface area contributed by atoms with Gasteiger partial charge < -0.3 is 39.7 Å². The van der Waals surface area contributed by atoms with Crippen LogP contribution in [0, 0.1) is 0 Å². The number of nitrogens with zero attached hydrogens (tertiary/aromatic N) is 3. The number of carbonyl (C=O) groups is 2. The molecule has 20 heteroatoms. The van der Waals surface area contributed by atoms with E-state index in [1.54, 1.807) is 79.9 Å². The zero-order chi connectivity index (χ0) is 47.7. The first-order valence-electron chi connectivity index (χ1n) is 20.6. The van der Waals surface area contributed by atoms with Crippen molar-refractivity contribution in [2.75, 3.05) is 58.1 Å². The van der Waals surface area contributed by atoms with Crippen LogP contribution in [0.5, 0.6) is 0 Å². The number of likely N-dealkylation sites (N-methyl/N-ethyl adjacent to an activating group) is 1. The highest BCUT2D eigenvalue weighted by Crippen LogP contribution is 2.34. The lowest BCUT2D eigenvalue weighted by Crippen LogP contribution is -2.31. The normalized spacial score (nSPS) is 11.6. The fraction of sp³-hybridized carbons (Fsp3) is 0.149. The number of sulfonamides is 2. The molecule has 0 fully saturated rings. The Bertz CT molecular complexity index is 3230. The second kappa shape index (κ2) is 20.8. The van der Waals surface area contributed by atoms with Crippen molar-refractivity contribution in [1.29, 1.82) is 0 Å². The van der Waals surface area contributed by atoms with Crippen LogP contribution in [0.15, 0.2) is 152 Å². The quantitative estimate of drug-likeness (QED) is 0.0570. The number of nitrogens with two attached hydrogens (primary N) is 2. The number of carbonyl (C=O) groups excluding carboxylic acids is 2. The van der Waals surface area contributed by atoms with E-state index in [1.807, 2.05) is 55.4 Å². The Morgan fingerprint density at radius 1 is 0.582 bits per heavy atom. The number of rotatable bonds is 16. The Morgan fingerprint density at radius 2 is 0.985 bits per heavy atom. The first kappa shape index (κ1) is 47.5. The Kier molecular flexibility index (Phi) is 14.7. The standard InChI is InChI=1S/C24H25N5O4S.C23H22N4O5S/c1-29(2)15-14-26-23(30)17-6-10-18(11-7-17)27-24-28-21-5-3-4-20(22(21)33-24)16-8-12-19(13-9-16)34(25,31)32;1-31-14-13-25-22(28)16-5-9-17(10-6-16)26-23-27-20-4-2-3-19(21(20)32-23)15-7-11-18(12-8-15)33(24,29)30/h3-13H,14-15H2,1-2H3,(H,26,30)(H,27,28)(H2,25,31,32);2-12H,13-14H2,1H3,(H,25,28)(H,26,27)(H2,24,29,30). The number of aromatic nitrogens is 2. The van der Waals surface area contributed by atoms with Crippen molar-refractivity contribution in [2.24, 2.45) is 10.3 Å². The summed E-state index contributed by atoms with van der Waals surface area (Å²) in [5.74, 6) is -0.313. The second-order valence-corrected chi connectivity index (χ2v) is 18.3. The highest BCUT2D eigenvalue weighted by Gasteiger charge is 2.16. The molecule has 8 rings (SSSR count). The van der Waals surface area contributed by atoms with E-state index >= 15 is 0 Å². The minimum Gasteiger partial charge on any atom is -0.423 e. The molecule has 2 aromatic heterocycles. The number of para-hydroxylation sites is 2. The van der Waals surface area contributed by atoms with E-state index in [2.05, 4.69) is 31.2 Å². The number of anilines is 4. The average Bonchev–Trinajstić information content (AvgIpc) is 3.92. The summed E-state index contributed by atoms with van der Waals surface area (Å²) in [4.78, 5) is 35.4. The minimum absolute atomic E-state index is 0.0363. The molecule has 67 heavy (non-hydrogen) atoms. The van der Waals surface area contributed by atoms with Gasteiger partial charge in [0, 0.05) is 60.4 Å². The average molecular weight is 946 g/mol. The third-order valence-electron chi connectivity index (χ3n) is 10.1. The maximum Gasteiger partial charge on any atom is 0.300 e. The number of benzene rings is 6. The summed E-state index contributed by atoms with van der Waals surface area (Å²) >= 11 is 0. The minimum atomic E-state index is -3.77. The number of primary sulfonamides is 2. The van der Waals surface area contributed by atoms with Crippen LogP contribution >= 0.6 is 0 Å². The van der Waals surface area contributed by atoms with Crippen molar-refractivity contribution in [1.82, 2.24) is 25.5 Å². The summed E-state index contributed by atoms with van der Waals surface area (Å²) in [6.45, 7) is 2.22. The van der Waals surface area contributed by atoms with E-state index in [0.717, 1.165) is 34.5 Å². The molecular weight excluding hydrogens is 899 g/mol. The zero-order valence-corrected chi connectivity index (χ0v) is 38.2. The molecule has 0 aliphatic heterocycles. The molecule has 0 saturated heterocycles. The molecule has 0 bridgehead atoms. The molecule has 346 valence electrons. The second-order valence-electron chi connectivity index (χ2n) is 15.2. The largest absolute Gasteiger partial charge is 0.423 e. The molecule has 0 radical (unpaired) electrons. The highest BCUT2D eigenvalue weighted by molar-refractivity contribution is 7.89. The van der Waals surface area contributed by atoms with Crippen molar-refractivity contribution in [3.63, 3.8) is 0 Å². The molecule has 0 aliphatic rings. The van der Waals surface area contributed by atoms with Gasteiger partial charge in [-0.05, 0) is 110 Å². The lowest BCUT2D eigenvalue weighted by molar-refractivity contribution is 0.0933. The Hall–Kier alpha value is -7.46. The summed E-state index contributed by atoms with van der Waals surface area (Å²) in [7, 11) is -2.05. The van der Waals surface area contributed by atoms with Gasteiger partial charge in [0.1, 0.15) is 11.0 Å². The van der Waals surface area contributed by atoms with Crippen molar-refractivity contribution < 1.29 is 40.0 Å². The molecule has 0 unspecified atom stereocenters. The van der Waals surface area contributed by atoms with Gasteiger partial charge in [0.2, 0.25) is 20.0 Å². The molecule has 6 aromatic carbocycles. The van der Waals surface area contributed by atoms with Crippen molar-refractivity contribution in [2.45, 2.75) is 9.79 Å². The summed E-state index contributed by atoms with van der Waals surface area (Å²) < 4.78 is 62.9. The van der Waals surface area contributed by atoms with Crippen LogP contribution in [0.25, 0.3) is 44.5 Å². The third kappa shape index (κ3) is 12.3. The van der Waals surface area contributed by atoms with Gasteiger partial charge in [0.15, 0.2) is 11.2 Å². The number of hydrogen-bond donors (Lipinski definition) is 6. The number of amides is 2. The van der Waals surface area contributed by atoms with E-state index in [0.29, 0.717) is 64.7 Å². The first-order chi connectivity index (χ1) is 32.0. The van der Waals surface area contributed by atoms with Crippen LogP contribution in [0.2, 0.25) is 0 Å². The van der Waals surface area contributed by atoms with Crippen LogP contribution in [-0.2, 0) is 24.8 Å². The summed E-state index contributed by atoms with van der Waals surface area (Å²) in [6, 6.07) is 38.1. The number of hydrogen-bond acceptors (Lipinski definition) is 14. The predicted molar refractivity (Wildman–Crippen MR) is 256 cm³/mol. The van der Waals surface area contributed by atoms with Gasteiger partial charge in [-0.1, -0.05) is 48.5 Å². The molecule has 8 N–H and O–H groups in total. The number of ether oxygens (including phenoxy) is 1. The van der Waals surface area contributed by atoms with Crippen LogP contribution in [0.1, 0.15) is 20.7 Å². The van der Waals surface area contributed by atoms with Gasteiger partial charge in [-0.15, -0.1) is 0 Å². The molecule has 8 aromatic rings. The SMILES string of the molecule is CN(C)CCNC(=O)c1ccc(Nc2nc3cccc(-c4ccc(S(N)(=O)=O)cc4)c3o2)cc1.COCCNC(=O)c1ccc(Nc2nc3cccc(-c4ccc(S(N)(=O)=O)cc4)c3o2)cc1. The molecule has 2 amide bonds. The maximum atomic E-state index is 12.2. The number of fused-ring (bicyclic) bond motifs is 2. The van der Waals surface area contributed by atoms with Crippen LogP contribution in [0.3, 0.4) is 0 Å². The van der Waals surface area contributed by atoms with E-state index in [-0.39, 0.29) is 27.6 Å². The molecule has 18 nitrogen and oxygen atoms in total. The lowest BCUT2D eigenvalue weighted by atomic mass is 10.1. The molecule has 2 heterocycles. The molecule has 0 atom stereocenters. The highest BCUT2D eigenvalue weighted by atomic mass is 32.2. The number of oxazole rings is 2.